The van der Waals surface area contributed by atoms with Gasteiger partial charge in [0.15, 0.2) is 0 Å². The van der Waals surface area contributed by atoms with Crippen LogP contribution in [0.1, 0.15) is 18.7 Å². The minimum absolute atomic E-state index is 0.255. The minimum atomic E-state index is -1.14. The molecule has 1 rings (SSSR count). The highest BCUT2D eigenvalue weighted by Gasteiger charge is 2.10. The topological polar surface area (TPSA) is 9.23 Å². The first-order valence-corrected chi connectivity index (χ1v) is 3.62. The van der Waals surface area contributed by atoms with Crippen molar-refractivity contribution in [1.29, 1.82) is 0 Å². The summed E-state index contributed by atoms with van der Waals surface area (Å²) in [6.07, 6.45) is -1.14. The van der Waals surface area contributed by atoms with Crippen molar-refractivity contribution in [3.63, 3.8) is 0 Å². The summed E-state index contributed by atoms with van der Waals surface area (Å²) < 4.78 is 30.2. The van der Waals surface area contributed by atoms with Gasteiger partial charge in [0.1, 0.15) is 17.7 Å². The van der Waals surface area contributed by atoms with E-state index in [-0.39, 0.29) is 5.75 Å². The Kier molecular flexibility index (Phi) is 2.63. The van der Waals surface area contributed by atoms with E-state index in [1.807, 2.05) is 0 Å². The summed E-state index contributed by atoms with van der Waals surface area (Å²) in [5.41, 5.74) is 0.374. The summed E-state index contributed by atoms with van der Waals surface area (Å²) in [5, 5.41) is 0. The van der Waals surface area contributed by atoms with Crippen LogP contribution in [0.15, 0.2) is 18.2 Å². The SMILES string of the molecule is COc1cc(F)ccc1C(C)F. The molecule has 1 aromatic rings. The number of halogens is 2. The van der Waals surface area contributed by atoms with Gasteiger partial charge in [0.25, 0.3) is 0 Å². The predicted octanol–water partition coefficient (Wildman–Crippen LogP) is 2.86. The van der Waals surface area contributed by atoms with Gasteiger partial charge in [0, 0.05) is 11.6 Å². The number of rotatable bonds is 2. The monoisotopic (exact) mass is 172 g/mol. The Morgan fingerprint density at radius 3 is 2.58 bits per heavy atom. The fourth-order valence-corrected chi connectivity index (χ4v) is 1.01. The molecule has 12 heavy (non-hydrogen) atoms. The molecule has 0 amide bonds. The van der Waals surface area contributed by atoms with Crippen LogP contribution in [-0.4, -0.2) is 7.11 Å². The van der Waals surface area contributed by atoms with E-state index in [2.05, 4.69) is 0 Å². The lowest BCUT2D eigenvalue weighted by atomic mass is 10.1. The van der Waals surface area contributed by atoms with Crippen molar-refractivity contribution in [3.05, 3.63) is 29.6 Å². The normalized spacial score (nSPS) is 12.7. The van der Waals surface area contributed by atoms with Gasteiger partial charge in [-0.1, -0.05) is 0 Å². The maximum atomic E-state index is 12.8. The number of ether oxygens (including phenoxy) is 1. The molecular weight excluding hydrogens is 162 g/mol. The van der Waals surface area contributed by atoms with E-state index in [0.717, 1.165) is 0 Å². The van der Waals surface area contributed by atoms with Crippen LogP contribution in [0.5, 0.6) is 5.75 Å². The Hall–Kier alpha value is -1.12. The van der Waals surface area contributed by atoms with Crippen LogP contribution < -0.4 is 4.74 Å². The number of hydrogen-bond donors (Lipinski definition) is 0. The molecule has 1 atom stereocenters. The highest BCUT2D eigenvalue weighted by molar-refractivity contribution is 5.35. The highest BCUT2D eigenvalue weighted by atomic mass is 19.1. The zero-order valence-electron chi connectivity index (χ0n) is 6.97. The summed E-state index contributed by atoms with van der Waals surface area (Å²) in [6, 6.07) is 3.78. The number of alkyl halides is 1. The number of hydrogen-bond acceptors (Lipinski definition) is 1. The zero-order valence-corrected chi connectivity index (χ0v) is 6.97. The molecule has 3 heteroatoms. The van der Waals surface area contributed by atoms with Crippen molar-refractivity contribution < 1.29 is 13.5 Å². The van der Waals surface area contributed by atoms with E-state index in [9.17, 15) is 8.78 Å². The van der Waals surface area contributed by atoms with Crippen molar-refractivity contribution in [2.75, 3.05) is 7.11 Å². The van der Waals surface area contributed by atoms with Gasteiger partial charge in [-0.3, -0.25) is 0 Å². The van der Waals surface area contributed by atoms with Gasteiger partial charge in [0.2, 0.25) is 0 Å². The van der Waals surface area contributed by atoms with Crippen LogP contribution in [0.2, 0.25) is 0 Å². The molecule has 66 valence electrons. The Balaban J connectivity index is 3.11. The van der Waals surface area contributed by atoms with E-state index in [1.165, 1.54) is 32.2 Å². The van der Waals surface area contributed by atoms with E-state index in [0.29, 0.717) is 5.56 Å². The van der Waals surface area contributed by atoms with E-state index in [1.54, 1.807) is 0 Å². The maximum Gasteiger partial charge on any atom is 0.127 e. The molecule has 0 aliphatic heterocycles. The summed E-state index contributed by atoms with van der Waals surface area (Å²) in [4.78, 5) is 0. The molecule has 0 aliphatic rings. The van der Waals surface area contributed by atoms with E-state index in [4.69, 9.17) is 4.74 Å². The summed E-state index contributed by atoms with van der Waals surface area (Å²) in [7, 11) is 1.39. The van der Waals surface area contributed by atoms with Crippen molar-refractivity contribution in [3.8, 4) is 5.75 Å². The Morgan fingerprint density at radius 2 is 2.08 bits per heavy atom. The van der Waals surface area contributed by atoms with Crippen molar-refractivity contribution >= 4 is 0 Å². The number of benzene rings is 1. The lowest BCUT2D eigenvalue weighted by Gasteiger charge is -2.08. The van der Waals surface area contributed by atoms with Crippen LogP contribution >= 0.6 is 0 Å². The second kappa shape index (κ2) is 3.52. The standard InChI is InChI=1S/C9H10F2O/c1-6(10)8-4-3-7(11)5-9(8)12-2/h3-6H,1-2H3. The molecular formula is C9H10F2O. The van der Waals surface area contributed by atoms with Gasteiger partial charge < -0.3 is 4.74 Å². The molecule has 0 spiro atoms. The first-order chi connectivity index (χ1) is 5.65. The summed E-state index contributed by atoms with van der Waals surface area (Å²) >= 11 is 0. The molecule has 0 fully saturated rings. The Labute approximate surface area is 70.0 Å². The molecule has 1 nitrogen and oxygen atoms in total. The second-order valence-corrected chi connectivity index (χ2v) is 2.50. The summed E-state index contributed by atoms with van der Waals surface area (Å²) in [5.74, 6) is -0.166. The average Bonchev–Trinajstić information content (AvgIpc) is 2.03. The van der Waals surface area contributed by atoms with Crippen LogP contribution in [0.4, 0.5) is 8.78 Å². The zero-order chi connectivity index (χ0) is 9.14. The molecule has 0 saturated heterocycles. The predicted molar refractivity (Wildman–Crippen MR) is 42.5 cm³/mol. The maximum absolute atomic E-state index is 12.8. The van der Waals surface area contributed by atoms with E-state index < -0.39 is 12.0 Å². The molecule has 0 aliphatic carbocycles. The largest absolute Gasteiger partial charge is 0.496 e. The van der Waals surface area contributed by atoms with Crippen molar-refractivity contribution in [2.24, 2.45) is 0 Å². The van der Waals surface area contributed by atoms with Crippen LogP contribution in [0.3, 0.4) is 0 Å². The Bertz CT molecular complexity index is 271. The second-order valence-electron chi connectivity index (χ2n) is 2.50. The molecule has 1 aromatic carbocycles. The van der Waals surface area contributed by atoms with E-state index >= 15 is 0 Å². The third-order valence-electron chi connectivity index (χ3n) is 1.62. The molecule has 0 aromatic heterocycles. The highest BCUT2D eigenvalue weighted by Crippen LogP contribution is 2.27. The molecule has 0 bridgehead atoms. The first kappa shape index (κ1) is 8.97. The molecule has 1 unspecified atom stereocenters. The minimum Gasteiger partial charge on any atom is -0.496 e. The van der Waals surface area contributed by atoms with Gasteiger partial charge >= 0.3 is 0 Å². The molecule has 0 heterocycles. The van der Waals surface area contributed by atoms with Gasteiger partial charge in [-0.2, -0.15) is 0 Å². The number of methoxy groups -OCH3 is 1. The lowest BCUT2D eigenvalue weighted by Crippen LogP contribution is -1.93. The molecule has 0 saturated carbocycles. The molecule has 0 radical (unpaired) electrons. The lowest BCUT2D eigenvalue weighted by molar-refractivity contribution is 0.345. The van der Waals surface area contributed by atoms with Crippen molar-refractivity contribution in [2.45, 2.75) is 13.1 Å². The Morgan fingerprint density at radius 1 is 1.42 bits per heavy atom. The van der Waals surface area contributed by atoms with Gasteiger partial charge in [-0.25, -0.2) is 8.78 Å². The third-order valence-corrected chi connectivity index (χ3v) is 1.62. The van der Waals surface area contributed by atoms with Crippen LogP contribution in [0, 0.1) is 5.82 Å². The fraction of sp³-hybridized carbons (Fsp3) is 0.333. The fourth-order valence-electron chi connectivity index (χ4n) is 1.01. The molecule has 0 N–H and O–H groups in total. The van der Waals surface area contributed by atoms with Crippen LogP contribution in [0.25, 0.3) is 0 Å². The van der Waals surface area contributed by atoms with Gasteiger partial charge in [-0.15, -0.1) is 0 Å². The first-order valence-electron chi connectivity index (χ1n) is 3.62. The van der Waals surface area contributed by atoms with Gasteiger partial charge in [0.05, 0.1) is 7.11 Å². The van der Waals surface area contributed by atoms with Crippen LogP contribution in [-0.2, 0) is 0 Å². The quantitative estimate of drug-likeness (QED) is 0.666. The van der Waals surface area contributed by atoms with Crippen molar-refractivity contribution in [1.82, 2.24) is 0 Å². The smallest absolute Gasteiger partial charge is 0.127 e. The average molecular weight is 172 g/mol. The third kappa shape index (κ3) is 1.72. The van der Waals surface area contributed by atoms with Gasteiger partial charge in [-0.05, 0) is 19.1 Å². The summed E-state index contributed by atoms with van der Waals surface area (Å²) in [6.45, 7) is 1.38.